The van der Waals surface area contributed by atoms with Crippen LogP contribution < -0.4 is 10.6 Å². The van der Waals surface area contributed by atoms with E-state index in [4.69, 9.17) is 0 Å². The van der Waals surface area contributed by atoms with E-state index in [1.165, 1.54) is 0 Å². The first-order chi connectivity index (χ1) is 12.7. The summed E-state index contributed by atoms with van der Waals surface area (Å²) >= 11 is 1.59. The van der Waals surface area contributed by atoms with Gasteiger partial charge in [-0.15, -0.1) is 11.3 Å². The van der Waals surface area contributed by atoms with E-state index in [9.17, 15) is 9.59 Å². The highest BCUT2D eigenvalue weighted by atomic mass is 32.1. The number of fused-ring (bicyclic) bond motifs is 2. The molecular weight excluding hydrogens is 346 g/mol. The molecule has 6 heteroatoms. The number of thiazole rings is 1. The normalized spacial score (nSPS) is 16.2. The first kappa shape index (κ1) is 16.7. The van der Waals surface area contributed by atoms with Gasteiger partial charge in [0.2, 0.25) is 11.8 Å². The van der Waals surface area contributed by atoms with Crippen molar-refractivity contribution in [1.82, 2.24) is 10.3 Å². The number of carbonyl (C=O) groups excluding carboxylic acids is 2. The molecule has 1 aliphatic rings. The molecular formula is C20H19N3O2S. The molecule has 0 fully saturated rings. The van der Waals surface area contributed by atoms with Crippen molar-refractivity contribution < 1.29 is 9.59 Å². The summed E-state index contributed by atoms with van der Waals surface area (Å²) in [6, 6.07) is 15.7. The molecule has 0 aliphatic carbocycles. The Hall–Kier alpha value is -2.73. The number of rotatable bonds is 5. The molecule has 1 aromatic heterocycles. The zero-order valence-electron chi connectivity index (χ0n) is 14.2. The lowest BCUT2D eigenvalue weighted by atomic mass is 9.89. The highest BCUT2D eigenvalue weighted by molar-refractivity contribution is 7.18. The summed E-state index contributed by atoms with van der Waals surface area (Å²) in [5, 5.41) is 6.73. The van der Waals surface area contributed by atoms with Crippen molar-refractivity contribution >= 4 is 39.1 Å². The number of aromatic nitrogens is 1. The number of hydrogen-bond acceptors (Lipinski definition) is 4. The second-order valence-corrected chi connectivity index (χ2v) is 7.55. The Bertz CT molecular complexity index is 933. The summed E-state index contributed by atoms with van der Waals surface area (Å²) in [5.74, 6) is -0.198. The number of carbonyl (C=O) groups is 2. The van der Waals surface area contributed by atoms with Crippen LogP contribution in [0.4, 0.5) is 5.69 Å². The van der Waals surface area contributed by atoms with Gasteiger partial charge in [-0.05, 0) is 36.6 Å². The zero-order valence-corrected chi connectivity index (χ0v) is 15.0. The molecule has 26 heavy (non-hydrogen) atoms. The van der Waals surface area contributed by atoms with Gasteiger partial charge in [0, 0.05) is 18.0 Å². The zero-order chi connectivity index (χ0) is 17.9. The smallest absolute Gasteiger partial charge is 0.227 e. The molecule has 2 heterocycles. The molecule has 2 amide bonds. The maximum atomic E-state index is 12.2. The molecule has 0 saturated heterocycles. The Labute approximate surface area is 155 Å². The van der Waals surface area contributed by atoms with Crippen LogP contribution in [0.1, 0.15) is 23.4 Å². The van der Waals surface area contributed by atoms with Gasteiger partial charge in [0.1, 0.15) is 5.01 Å². The second-order valence-electron chi connectivity index (χ2n) is 6.44. The Balaban J connectivity index is 1.29. The fourth-order valence-corrected chi connectivity index (χ4v) is 4.12. The van der Waals surface area contributed by atoms with Gasteiger partial charge in [-0.1, -0.05) is 30.3 Å². The molecule has 1 atom stereocenters. The van der Waals surface area contributed by atoms with Crippen LogP contribution in [0.25, 0.3) is 10.2 Å². The lowest BCUT2D eigenvalue weighted by Crippen LogP contribution is -2.31. The number of para-hydroxylation sites is 2. The number of benzene rings is 2. The van der Waals surface area contributed by atoms with Crippen LogP contribution in [0.5, 0.6) is 0 Å². The molecule has 0 saturated carbocycles. The topological polar surface area (TPSA) is 71.1 Å². The predicted molar refractivity (Wildman–Crippen MR) is 103 cm³/mol. The first-order valence-electron chi connectivity index (χ1n) is 8.69. The van der Waals surface area contributed by atoms with E-state index in [1.54, 1.807) is 11.3 Å². The van der Waals surface area contributed by atoms with Crippen LogP contribution in [-0.4, -0.2) is 16.8 Å². The molecule has 3 aromatic rings. The van der Waals surface area contributed by atoms with Crippen LogP contribution in [-0.2, 0) is 22.6 Å². The van der Waals surface area contributed by atoms with E-state index < -0.39 is 0 Å². The minimum atomic E-state index is -0.155. The molecule has 0 radical (unpaired) electrons. The number of nitrogens with one attached hydrogen (secondary N) is 2. The number of nitrogens with zero attached hydrogens (tertiary/aromatic N) is 1. The SMILES string of the molecule is O=C(CCC1Cc2ccccc2NC1=O)NCc1nc2ccccc2s1. The molecule has 0 bridgehead atoms. The number of hydrogen-bond donors (Lipinski definition) is 2. The van der Waals surface area contributed by atoms with Gasteiger partial charge in [-0.25, -0.2) is 4.98 Å². The first-order valence-corrected chi connectivity index (χ1v) is 9.50. The second kappa shape index (κ2) is 7.25. The molecule has 2 aromatic carbocycles. The van der Waals surface area contributed by atoms with Crippen molar-refractivity contribution in [3.8, 4) is 0 Å². The Morgan fingerprint density at radius 2 is 2.00 bits per heavy atom. The van der Waals surface area contributed by atoms with Crippen LogP contribution in [0.2, 0.25) is 0 Å². The molecule has 2 N–H and O–H groups in total. The van der Waals surface area contributed by atoms with Gasteiger partial charge in [0.25, 0.3) is 0 Å². The Morgan fingerprint density at radius 3 is 2.88 bits per heavy atom. The average Bonchev–Trinajstić information content (AvgIpc) is 3.07. The van der Waals surface area contributed by atoms with Crippen molar-refractivity contribution in [2.24, 2.45) is 5.92 Å². The van der Waals surface area contributed by atoms with E-state index in [0.717, 1.165) is 26.5 Å². The third kappa shape index (κ3) is 3.60. The fourth-order valence-electron chi connectivity index (χ4n) is 3.21. The van der Waals surface area contributed by atoms with Gasteiger partial charge >= 0.3 is 0 Å². The quantitative estimate of drug-likeness (QED) is 0.727. The summed E-state index contributed by atoms with van der Waals surface area (Å²) in [6.45, 7) is 0.428. The molecule has 4 rings (SSSR count). The highest BCUT2D eigenvalue weighted by Crippen LogP contribution is 2.27. The third-order valence-corrected chi connectivity index (χ3v) is 5.64. The minimum Gasteiger partial charge on any atom is -0.350 e. The molecule has 1 unspecified atom stereocenters. The predicted octanol–water partition coefficient (Wildman–Crippen LogP) is 3.50. The number of anilines is 1. The molecule has 5 nitrogen and oxygen atoms in total. The summed E-state index contributed by atoms with van der Waals surface area (Å²) in [6.07, 6.45) is 1.57. The molecule has 1 aliphatic heterocycles. The maximum absolute atomic E-state index is 12.2. The number of amides is 2. The van der Waals surface area contributed by atoms with Gasteiger partial charge in [0.15, 0.2) is 0 Å². The molecule has 0 spiro atoms. The lowest BCUT2D eigenvalue weighted by Gasteiger charge is -2.24. The van der Waals surface area contributed by atoms with Crippen LogP contribution in [0.15, 0.2) is 48.5 Å². The van der Waals surface area contributed by atoms with Gasteiger partial charge in [-0.2, -0.15) is 0 Å². The third-order valence-electron chi connectivity index (χ3n) is 4.61. The van der Waals surface area contributed by atoms with E-state index >= 15 is 0 Å². The monoisotopic (exact) mass is 365 g/mol. The largest absolute Gasteiger partial charge is 0.350 e. The van der Waals surface area contributed by atoms with Crippen LogP contribution in [0.3, 0.4) is 0 Å². The summed E-state index contributed by atoms with van der Waals surface area (Å²) in [7, 11) is 0. The van der Waals surface area contributed by atoms with Crippen LogP contribution >= 0.6 is 11.3 Å². The van der Waals surface area contributed by atoms with Crippen molar-refractivity contribution in [2.45, 2.75) is 25.8 Å². The van der Waals surface area contributed by atoms with Crippen LogP contribution in [0, 0.1) is 5.92 Å². The summed E-state index contributed by atoms with van der Waals surface area (Å²) in [4.78, 5) is 28.9. The van der Waals surface area contributed by atoms with E-state index in [2.05, 4.69) is 15.6 Å². The highest BCUT2D eigenvalue weighted by Gasteiger charge is 2.26. The van der Waals surface area contributed by atoms with Crippen molar-refractivity contribution in [3.63, 3.8) is 0 Å². The van der Waals surface area contributed by atoms with Crippen molar-refractivity contribution in [3.05, 3.63) is 59.1 Å². The van der Waals surface area contributed by atoms with Crippen molar-refractivity contribution in [1.29, 1.82) is 0 Å². The van der Waals surface area contributed by atoms with E-state index in [1.807, 2.05) is 48.5 Å². The van der Waals surface area contributed by atoms with Gasteiger partial charge in [0.05, 0.1) is 16.8 Å². The molecule has 132 valence electrons. The maximum Gasteiger partial charge on any atom is 0.227 e. The van der Waals surface area contributed by atoms with E-state index in [-0.39, 0.29) is 17.7 Å². The van der Waals surface area contributed by atoms with Crippen molar-refractivity contribution in [2.75, 3.05) is 5.32 Å². The van der Waals surface area contributed by atoms with E-state index in [0.29, 0.717) is 25.8 Å². The Morgan fingerprint density at radius 1 is 1.19 bits per heavy atom. The fraction of sp³-hybridized carbons (Fsp3) is 0.250. The lowest BCUT2D eigenvalue weighted by molar-refractivity contribution is -0.122. The Kier molecular flexibility index (Phi) is 4.67. The van der Waals surface area contributed by atoms with Gasteiger partial charge in [-0.3, -0.25) is 9.59 Å². The summed E-state index contributed by atoms with van der Waals surface area (Å²) in [5.41, 5.74) is 2.97. The van der Waals surface area contributed by atoms with Gasteiger partial charge < -0.3 is 10.6 Å². The summed E-state index contributed by atoms with van der Waals surface area (Å²) < 4.78 is 1.12. The standard InChI is InChI=1S/C20H19N3O2S/c24-18(21-12-19-22-16-7-3-4-8-17(16)26-19)10-9-14-11-13-5-1-2-6-15(13)23-20(14)25/h1-8,14H,9-12H2,(H,21,24)(H,23,25). The minimum absolute atomic E-state index is 0.00248. The average molecular weight is 365 g/mol.